The lowest BCUT2D eigenvalue weighted by atomic mass is 9.90. The second-order valence-electron chi connectivity index (χ2n) is 8.63. The third-order valence-electron chi connectivity index (χ3n) is 6.65. The van der Waals surface area contributed by atoms with Crippen LogP contribution in [0.2, 0.25) is 0 Å². The van der Waals surface area contributed by atoms with Crippen molar-refractivity contribution in [2.45, 2.75) is 39.5 Å². The van der Waals surface area contributed by atoms with E-state index in [0.717, 1.165) is 64.9 Å². The molecule has 33 heavy (non-hydrogen) atoms. The number of carbonyl (C=O) groups excluding carboxylic acids is 1. The van der Waals surface area contributed by atoms with Gasteiger partial charge < -0.3 is 14.4 Å². The molecule has 3 aromatic rings. The molecule has 0 fully saturated rings. The van der Waals surface area contributed by atoms with Gasteiger partial charge in [-0.15, -0.1) is 0 Å². The van der Waals surface area contributed by atoms with Gasteiger partial charge >= 0.3 is 0 Å². The van der Waals surface area contributed by atoms with E-state index in [4.69, 9.17) is 14.5 Å². The maximum Gasteiger partial charge on any atom is 0.260 e. The van der Waals surface area contributed by atoms with Crippen molar-refractivity contribution in [2.24, 2.45) is 0 Å². The van der Waals surface area contributed by atoms with Crippen molar-refractivity contribution in [1.82, 2.24) is 9.88 Å². The monoisotopic (exact) mass is 465 g/mol. The van der Waals surface area contributed by atoms with Gasteiger partial charge in [-0.1, -0.05) is 31.3 Å². The molecule has 5 rings (SSSR count). The lowest BCUT2D eigenvalue weighted by Gasteiger charge is -2.25. The second-order valence-corrected chi connectivity index (χ2v) is 9.64. The Morgan fingerprint density at radius 1 is 0.970 bits per heavy atom. The molecule has 1 aliphatic carbocycles. The number of benzene rings is 2. The highest BCUT2D eigenvalue weighted by Gasteiger charge is 2.24. The van der Waals surface area contributed by atoms with Gasteiger partial charge in [0.2, 0.25) is 0 Å². The fraction of sp³-hybridized carbons (Fsp3) is 0.462. The van der Waals surface area contributed by atoms with Crippen LogP contribution in [0.5, 0.6) is 11.5 Å². The molecule has 2 aliphatic rings. The van der Waals surface area contributed by atoms with Crippen LogP contribution >= 0.6 is 11.3 Å². The zero-order valence-corrected chi connectivity index (χ0v) is 20.2. The predicted molar refractivity (Wildman–Crippen MR) is 133 cm³/mol. The van der Waals surface area contributed by atoms with Gasteiger partial charge in [0.05, 0.1) is 10.2 Å². The molecule has 0 unspecified atom stereocenters. The van der Waals surface area contributed by atoms with E-state index in [0.29, 0.717) is 19.8 Å². The van der Waals surface area contributed by atoms with Crippen LogP contribution in [0.1, 0.15) is 48.2 Å². The first-order valence-electron chi connectivity index (χ1n) is 12.0. The Bertz CT molecular complexity index is 1110. The van der Waals surface area contributed by atoms with Gasteiger partial charge in [0.15, 0.2) is 16.6 Å². The van der Waals surface area contributed by atoms with Crippen molar-refractivity contribution < 1.29 is 14.3 Å². The molecule has 0 bridgehead atoms. The van der Waals surface area contributed by atoms with Crippen LogP contribution in [0.15, 0.2) is 30.3 Å². The topological polar surface area (TPSA) is 54.9 Å². The van der Waals surface area contributed by atoms with Gasteiger partial charge in [0, 0.05) is 30.8 Å². The minimum Gasteiger partial charge on any atom is -0.486 e. The van der Waals surface area contributed by atoms with Gasteiger partial charge in [-0.05, 0) is 62.0 Å². The zero-order chi connectivity index (χ0) is 22.8. The zero-order valence-electron chi connectivity index (χ0n) is 19.4. The van der Waals surface area contributed by atoms with E-state index in [1.807, 2.05) is 23.1 Å². The largest absolute Gasteiger partial charge is 0.486 e. The summed E-state index contributed by atoms with van der Waals surface area (Å²) in [5.41, 5.74) is 4.30. The van der Waals surface area contributed by atoms with E-state index in [9.17, 15) is 4.79 Å². The van der Waals surface area contributed by atoms with Crippen LogP contribution in [0.4, 0.5) is 5.13 Å². The summed E-state index contributed by atoms with van der Waals surface area (Å²) in [7, 11) is 0. The lowest BCUT2D eigenvalue weighted by Crippen LogP contribution is -2.39. The first-order chi connectivity index (χ1) is 16.2. The average Bonchev–Trinajstić information content (AvgIpc) is 3.27. The summed E-state index contributed by atoms with van der Waals surface area (Å²) in [6, 6.07) is 10.2. The molecule has 1 amide bonds. The molecule has 7 heteroatoms. The molecule has 0 radical (unpaired) electrons. The minimum atomic E-state index is 0.0202. The van der Waals surface area contributed by atoms with Gasteiger partial charge in [-0.25, -0.2) is 4.98 Å². The number of anilines is 1. The van der Waals surface area contributed by atoms with Crippen molar-refractivity contribution in [3.8, 4) is 11.5 Å². The van der Waals surface area contributed by atoms with Crippen LogP contribution in [0, 0.1) is 0 Å². The Morgan fingerprint density at radius 2 is 1.70 bits per heavy atom. The molecule has 0 atom stereocenters. The molecule has 2 heterocycles. The van der Waals surface area contributed by atoms with Crippen molar-refractivity contribution in [3.05, 3.63) is 47.0 Å². The number of carbonyl (C=O) groups is 1. The fourth-order valence-corrected chi connectivity index (χ4v) is 5.66. The number of ether oxygens (including phenoxy) is 2. The number of thiazole rings is 1. The van der Waals surface area contributed by atoms with E-state index in [1.165, 1.54) is 35.3 Å². The van der Waals surface area contributed by atoms with Crippen LogP contribution in [0.25, 0.3) is 10.2 Å². The lowest BCUT2D eigenvalue weighted by molar-refractivity contribution is 0.0983. The average molecular weight is 466 g/mol. The maximum atomic E-state index is 13.8. The van der Waals surface area contributed by atoms with Crippen LogP contribution in [0.3, 0.4) is 0 Å². The maximum absolute atomic E-state index is 13.8. The van der Waals surface area contributed by atoms with E-state index in [2.05, 4.69) is 30.9 Å². The van der Waals surface area contributed by atoms with E-state index in [-0.39, 0.29) is 5.91 Å². The van der Waals surface area contributed by atoms with Gasteiger partial charge in [0.25, 0.3) is 5.91 Å². The molecule has 0 saturated carbocycles. The van der Waals surface area contributed by atoms with E-state index in [1.54, 1.807) is 0 Å². The Kier molecular flexibility index (Phi) is 6.51. The summed E-state index contributed by atoms with van der Waals surface area (Å²) in [6.07, 6.45) is 4.60. The number of nitrogens with zero attached hydrogens (tertiary/aromatic N) is 3. The minimum absolute atomic E-state index is 0.0202. The number of fused-ring (bicyclic) bond motifs is 3. The third-order valence-corrected chi connectivity index (χ3v) is 7.69. The molecular weight excluding hydrogens is 434 g/mol. The number of amides is 1. The number of likely N-dealkylation sites (N-methyl/N-ethyl adjacent to an activating group) is 1. The van der Waals surface area contributed by atoms with Crippen molar-refractivity contribution in [1.29, 1.82) is 0 Å². The van der Waals surface area contributed by atoms with Crippen molar-refractivity contribution in [2.75, 3.05) is 44.3 Å². The molecule has 0 N–H and O–H groups in total. The highest BCUT2D eigenvalue weighted by molar-refractivity contribution is 7.22. The number of aryl methyl sites for hydroxylation is 2. The summed E-state index contributed by atoms with van der Waals surface area (Å²) in [6.45, 7) is 8.73. The van der Waals surface area contributed by atoms with Crippen LogP contribution in [-0.4, -0.2) is 55.2 Å². The Morgan fingerprint density at radius 3 is 2.45 bits per heavy atom. The van der Waals surface area contributed by atoms with Crippen LogP contribution < -0.4 is 14.4 Å². The van der Waals surface area contributed by atoms with Gasteiger partial charge in [0.1, 0.15) is 13.2 Å². The third kappa shape index (κ3) is 4.57. The number of hydrogen-bond acceptors (Lipinski definition) is 6. The number of rotatable bonds is 7. The molecule has 1 aromatic heterocycles. The highest BCUT2D eigenvalue weighted by atomic mass is 32.1. The Balaban J connectivity index is 1.49. The number of aromatic nitrogens is 1. The smallest absolute Gasteiger partial charge is 0.260 e. The molecule has 6 nitrogen and oxygen atoms in total. The molecule has 0 saturated heterocycles. The van der Waals surface area contributed by atoms with Gasteiger partial charge in [-0.2, -0.15) is 0 Å². The summed E-state index contributed by atoms with van der Waals surface area (Å²) in [5, 5.41) is 0.724. The highest BCUT2D eigenvalue weighted by Crippen LogP contribution is 2.39. The predicted octanol–water partition coefficient (Wildman–Crippen LogP) is 4.93. The number of hydrogen-bond donors (Lipinski definition) is 0. The normalized spacial score (nSPS) is 15.0. The quantitative estimate of drug-likeness (QED) is 0.495. The first kappa shape index (κ1) is 22.2. The van der Waals surface area contributed by atoms with E-state index >= 15 is 0 Å². The second kappa shape index (κ2) is 9.69. The molecule has 0 spiro atoms. The fourth-order valence-electron chi connectivity index (χ4n) is 4.66. The molecule has 1 aliphatic heterocycles. The molecule has 2 aromatic carbocycles. The summed E-state index contributed by atoms with van der Waals surface area (Å²) < 4.78 is 12.5. The summed E-state index contributed by atoms with van der Waals surface area (Å²) >= 11 is 1.54. The standard InChI is InChI=1S/C26H31N3O3S/c1-3-28(4-2)11-12-29(25(30)20-10-9-18-7-5-6-8-19(18)15-20)26-27-21-16-22-23(17-24(21)33-26)32-14-13-31-22/h9-10,15-17H,3-8,11-14H2,1-2H3. The SMILES string of the molecule is CCN(CC)CCN(C(=O)c1ccc2c(c1)CCCC2)c1nc2cc3c(cc2s1)OCCO3. The summed E-state index contributed by atoms with van der Waals surface area (Å²) in [4.78, 5) is 22.8. The van der Waals surface area contributed by atoms with Crippen molar-refractivity contribution >= 4 is 32.6 Å². The summed E-state index contributed by atoms with van der Waals surface area (Å²) in [5.74, 6) is 1.49. The molecular formula is C26H31N3O3S. The van der Waals surface area contributed by atoms with E-state index < -0.39 is 0 Å². The van der Waals surface area contributed by atoms with Gasteiger partial charge in [-0.3, -0.25) is 9.69 Å². The Labute approximate surface area is 199 Å². The Hall–Kier alpha value is -2.64. The van der Waals surface area contributed by atoms with Crippen LogP contribution in [-0.2, 0) is 12.8 Å². The van der Waals surface area contributed by atoms with Crippen molar-refractivity contribution in [3.63, 3.8) is 0 Å². The first-order valence-corrected chi connectivity index (χ1v) is 12.8. The molecule has 174 valence electrons.